The Labute approximate surface area is 144 Å². The molecular weight excluding hydrogens is 304 g/mol. The minimum Gasteiger partial charge on any atom is -0.376 e. The van der Waals surface area contributed by atoms with Crippen LogP contribution < -0.4 is 5.32 Å². The van der Waals surface area contributed by atoms with Crippen LogP contribution in [-0.2, 0) is 20.8 Å². The van der Waals surface area contributed by atoms with Crippen LogP contribution in [0.25, 0.3) is 0 Å². The van der Waals surface area contributed by atoms with E-state index in [9.17, 15) is 4.79 Å². The number of benzene rings is 1. The lowest BCUT2D eigenvalue weighted by atomic mass is 10.2. The molecule has 2 aliphatic rings. The molecule has 2 aliphatic heterocycles. The van der Waals surface area contributed by atoms with Crippen molar-refractivity contribution in [2.75, 3.05) is 26.3 Å². The van der Waals surface area contributed by atoms with Crippen LogP contribution in [0.2, 0.25) is 0 Å². The first-order valence-corrected chi connectivity index (χ1v) is 9.00. The molecule has 0 radical (unpaired) electrons. The van der Waals surface area contributed by atoms with E-state index >= 15 is 0 Å². The zero-order valence-corrected chi connectivity index (χ0v) is 14.4. The van der Waals surface area contributed by atoms with Gasteiger partial charge < -0.3 is 14.8 Å². The summed E-state index contributed by atoms with van der Waals surface area (Å²) in [7, 11) is 0. The van der Waals surface area contributed by atoms with Crippen LogP contribution in [-0.4, -0.2) is 55.4 Å². The minimum absolute atomic E-state index is 0.0143. The molecule has 1 aromatic carbocycles. The molecule has 0 spiro atoms. The third-order valence-electron chi connectivity index (χ3n) is 4.79. The van der Waals surface area contributed by atoms with E-state index in [-0.39, 0.29) is 18.1 Å². The molecular formula is C19H28N2O3. The third kappa shape index (κ3) is 5.03. The molecule has 24 heavy (non-hydrogen) atoms. The first-order valence-electron chi connectivity index (χ1n) is 9.00. The maximum Gasteiger partial charge on any atom is 0.249 e. The van der Waals surface area contributed by atoms with E-state index in [0.717, 1.165) is 45.5 Å². The van der Waals surface area contributed by atoms with Crippen molar-refractivity contribution >= 4 is 5.91 Å². The highest BCUT2D eigenvalue weighted by Crippen LogP contribution is 2.15. The Morgan fingerprint density at radius 1 is 1.38 bits per heavy atom. The van der Waals surface area contributed by atoms with Gasteiger partial charge in [-0.05, 0) is 31.7 Å². The largest absolute Gasteiger partial charge is 0.376 e. The number of rotatable bonds is 7. The van der Waals surface area contributed by atoms with Crippen LogP contribution in [0, 0.1) is 0 Å². The van der Waals surface area contributed by atoms with E-state index in [0.29, 0.717) is 6.61 Å². The summed E-state index contributed by atoms with van der Waals surface area (Å²) < 4.78 is 11.2. The summed E-state index contributed by atoms with van der Waals surface area (Å²) in [6.45, 7) is 6.01. The van der Waals surface area contributed by atoms with Gasteiger partial charge in [0.15, 0.2) is 0 Å². The lowest BCUT2D eigenvalue weighted by Gasteiger charge is -2.20. The highest BCUT2D eigenvalue weighted by atomic mass is 16.5. The third-order valence-corrected chi connectivity index (χ3v) is 4.79. The number of likely N-dealkylation sites (tertiary alicyclic amines) is 1. The molecule has 0 aromatic heterocycles. The van der Waals surface area contributed by atoms with Gasteiger partial charge in [0.2, 0.25) is 5.91 Å². The van der Waals surface area contributed by atoms with Crippen molar-refractivity contribution in [2.24, 2.45) is 0 Å². The second-order valence-corrected chi connectivity index (χ2v) is 6.83. The van der Waals surface area contributed by atoms with Gasteiger partial charge in [0.05, 0.1) is 12.7 Å². The molecule has 0 unspecified atom stereocenters. The maximum absolute atomic E-state index is 12.3. The standard InChI is InChI=1S/C19H28N2O3/c1-15(24-14-18-8-5-11-23-18)19(22)20-17-9-10-21(13-17)12-16-6-3-2-4-7-16/h2-4,6-7,15,17-18H,5,8-14H2,1H3,(H,20,22)/t15-,17-,18-/m0/s1. The molecule has 0 saturated carbocycles. The quantitative estimate of drug-likeness (QED) is 0.829. The molecule has 2 fully saturated rings. The second-order valence-electron chi connectivity index (χ2n) is 6.83. The van der Waals surface area contributed by atoms with E-state index < -0.39 is 6.10 Å². The number of amides is 1. The molecule has 1 N–H and O–H groups in total. The Morgan fingerprint density at radius 3 is 2.96 bits per heavy atom. The molecule has 1 amide bonds. The summed E-state index contributed by atoms with van der Waals surface area (Å²) in [5, 5.41) is 3.12. The van der Waals surface area contributed by atoms with Crippen LogP contribution in [0.5, 0.6) is 0 Å². The molecule has 3 rings (SSSR count). The molecule has 5 nitrogen and oxygen atoms in total. The van der Waals surface area contributed by atoms with Crippen LogP contribution in [0.15, 0.2) is 30.3 Å². The van der Waals surface area contributed by atoms with Crippen molar-refractivity contribution in [3.8, 4) is 0 Å². The van der Waals surface area contributed by atoms with Crippen molar-refractivity contribution in [1.29, 1.82) is 0 Å². The topological polar surface area (TPSA) is 50.8 Å². The Morgan fingerprint density at radius 2 is 2.21 bits per heavy atom. The SMILES string of the molecule is C[C@H](OC[C@@H]1CCCO1)C(=O)N[C@H]1CCN(Cc2ccccc2)C1. The summed E-state index contributed by atoms with van der Waals surface area (Å²) in [6, 6.07) is 10.7. The van der Waals surface area contributed by atoms with E-state index in [1.54, 1.807) is 0 Å². The summed E-state index contributed by atoms with van der Waals surface area (Å²) >= 11 is 0. The Hall–Kier alpha value is -1.43. The van der Waals surface area contributed by atoms with E-state index in [2.05, 4.69) is 34.5 Å². The molecule has 0 bridgehead atoms. The molecule has 2 heterocycles. The fourth-order valence-electron chi connectivity index (χ4n) is 3.36. The first kappa shape index (κ1) is 17.4. The predicted octanol–water partition coefficient (Wildman–Crippen LogP) is 1.96. The van der Waals surface area contributed by atoms with Crippen molar-refractivity contribution in [1.82, 2.24) is 10.2 Å². The van der Waals surface area contributed by atoms with Gasteiger partial charge >= 0.3 is 0 Å². The van der Waals surface area contributed by atoms with Crippen LogP contribution in [0.1, 0.15) is 31.7 Å². The van der Waals surface area contributed by atoms with Crippen LogP contribution >= 0.6 is 0 Å². The van der Waals surface area contributed by atoms with E-state index in [1.165, 1.54) is 5.56 Å². The Balaban J connectivity index is 1.37. The molecule has 132 valence electrons. The zero-order chi connectivity index (χ0) is 16.8. The molecule has 0 aliphatic carbocycles. The summed E-state index contributed by atoms with van der Waals surface area (Å²) in [5.74, 6) is -0.0143. The number of nitrogens with one attached hydrogen (secondary N) is 1. The zero-order valence-electron chi connectivity index (χ0n) is 14.4. The van der Waals surface area contributed by atoms with Gasteiger partial charge in [-0.2, -0.15) is 0 Å². The average Bonchev–Trinajstić information content (AvgIpc) is 3.25. The smallest absolute Gasteiger partial charge is 0.249 e. The van der Waals surface area contributed by atoms with Gasteiger partial charge in [-0.15, -0.1) is 0 Å². The highest BCUT2D eigenvalue weighted by molar-refractivity contribution is 5.80. The summed E-state index contributed by atoms with van der Waals surface area (Å²) in [4.78, 5) is 14.7. The van der Waals surface area contributed by atoms with Gasteiger partial charge in [0.1, 0.15) is 6.10 Å². The van der Waals surface area contributed by atoms with Gasteiger partial charge in [-0.3, -0.25) is 9.69 Å². The monoisotopic (exact) mass is 332 g/mol. The summed E-state index contributed by atoms with van der Waals surface area (Å²) in [5.41, 5.74) is 1.32. The normalized spacial score (nSPS) is 25.7. The average molecular weight is 332 g/mol. The maximum atomic E-state index is 12.3. The molecule has 5 heteroatoms. The van der Waals surface area contributed by atoms with Gasteiger partial charge in [0, 0.05) is 32.3 Å². The fraction of sp³-hybridized carbons (Fsp3) is 0.632. The lowest BCUT2D eigenvalue weighted by molar-refractivity contribution is -0.134. The predicted molar refractivity (Wildman–Crippen MR) is 92.7 cm³/mol. The fourth-order valence-corrected chi connectivity index (χ4v) is 3.36. The Kier molecular flexibility index (Phi) is 6.24. The minimum atomic E-state index is -0.419. The molecule has 3 atom stereocenters. The number of carbonyl (C=O) groups excluding carboxylic acids is 1. The van der Waals surface area contributed by atoms with E-state index in [4.69, 9.17) is 9.47 Å². The lowest BCUT2D eigenvalue weighted by Crippen LogP contribution is -2.43. The number of ether oxygens (including phenoxy) is 2. The molecule has 1 aromatic rings. The summed E-state index contributed by atoms with van der Waals surface area (Å²) in [6.07, 6.45) is 2.86. The molecule has 2 saturated heterocycles. The second kappa shape index (κ2) is 8.60. The van der Waals surface area contributed by atoms with Crippen LogP contribution in [0.3, 0.4) is 0 Å². The van der Waals surface area contributed by atoms with Crippen molar-refractivity contribution < 1.29 is 14.3 Å². The Bertz CT molecular complexity index is 517. The number of carbonyl (C=O) groups is 1. The van der Waals surface area contributed by atoms with E-state index in [1.807, 2.05) is 13.0 Å². The highest BCUT2D eigenvalue weighted by Gasteiger charge is 2.26. The van der Waals surface area contributed by atoms with Crippen molar-refractivity contribution in [3.05, 3.63) is 35.9 Å². The van der Waals surface area contributed by atoms with Gasteiger partial charge in [0.25, 0.3) is 0 Å². The van der Waals surface area contributed by atoms with Crippen molar-refractivity contribution in [3.63, 3.8) is 0 Å². The number of hydrogen-bond donors (Lipinski definition) is 1. The number of nitrogens with zero attached hydrogens (tertiary/aromatic N) is 1. The van der Waals surface area contributed by atoms with Gasteiger partial charge in [-0.25, -0.2) is 0 Å². The van der Waals surface area contributed by atoms with Crippen LogP contribution in [0.4, 0.5) is 0 Å². The van der Waals surface area contributed by atoms with Gasteiger partial charge in [-0.1, -0.05) is 30.3 Å². The first-order chi connectivity index (χ1) is 11.7. The van der Waals surface area contributed by atoms with Crippen molar-refractivity contribution in [2.45, 2.75) is 51.0 Å². The number of hydrogen-bond acceptors (Lipinski definition) is 4.